The van der Waals surface area contributed by atoms with Gasteiger partial charge in [0.2, 0.25) is 0 Å². The van der Waals surface area contributed by atoms with Crippen molar-refractivity contribution in [3.63, 3.8) is 0 Å². The Balaban J connectivity index is 2.01. The van der Waals surface area contributed by atoms with Gasteiger partial charge < -0.3 is 0 Å². The van der Waals surface area contributed by atoms with Gasteiger partial charge in [-0.05, 0) is 24.3 Å². The van der Waals surface area contributed by atoms with Gasteiger partial charge >= 0.3 is 0 Å². The third kappa shape index (κ3) is 1.58. The fourth-order valence-corrected chi connectivity index (χ4v) is 1.77. The van der Waals surface area contributed by atoms with Gasteiger partial charge in [0.1, 0.15) is 0 Å². The molecular formula is C12H14. The van der Waals surface area contributed by atoms with E-state index in [1.807, 2.05) is 0 Å². The van der Waals surface area contributed by atoms with Gasteiger partial charge in [0.15, 0.2) is 0 Å². The molecule has 0 bridgehead atoms. The van der Waals surface area contributed by atoms with E-state index in [0.717, 1.165) is 12.3 Å². The smallest absolute Gasteiger partial charge is 0.00668 e. The molecule has 0 radical (unpaired) electrons. The zero-order chi connectivity index (χ0) is 8.39. The van der Waals surface area contributed by atoms with E-state index >= 15 is 0 Å². The molecule has 1 aliphatic carbocycles. The van der Waals surface area contributed by atoms with Gasteiger partial charge in [-0.15, -0.1) is 0 Å². The minimum absolute atomic E-state index is 0.823. The zero-order valence-corrected chi connectivity index (χ0v) is 7.46. The molecule has 0 nitrogen and oxygen atoms in total. The van der Waals surface area contributed by atoms with E-state index < -0.39 is 0 Å². The van der Waals surface area contributed by atoms with Crippen molar-refractivity contribution < 1.29 is 0 Å². The monoisotopic (exact) mass is 158 g/mol. The Morgan fingerprint density at radius 2 is 1.92 bits per heavy atom. The van der Waals surface area contributed by atoms with Crippen LogP contribution in [-0.2, 0) is 6.42 Å². The van der Waals surface area contributed by atoms with Crippen molar-refractivity contribution in [3.8, 4) is 0 Å². The summed E-state index contributed by atoms with van der Waals surface area (Å²) in [6.07, 6.45) is 4.84. The summed E-state index contributed by atoms with van der Waals surface area (Å²) in [6, 6.07) is 10.7. The molecule has 0 N–H and O–H groups in total. The first-order valence-corrected chi connectivity index (χ1v) is 4.58. The Kier molecular flexibility index (Phi) is 1.99. The third-order valence-corrected chi connectivity index (χ3v) is 2.38. The molecule has 62 valence electrons. The second kappa shape index (κ2) is 3.14. The van der Waals surface area contributed by atoms with Gasteiger partial charge in [-0.2, -0.15) is 0 Å². The number of hydrogen-bond acceptors (Lipinski definition) is 0. The van der Waals surface area contributed by atoms with Gasteiger partial charge in [-0.3, -0.25) is 0 Å². The average Bonchev–Trinajstić information content (AvgIpc) is 2.04. The molecular weight excluding hydrogens is 144 g/mol. The summed E-state index contributed by atoms with van der Waals surface area (Å²) in [4.78, 5) is 0. The highest BCUT2D eigenvalue weighted by Crippen LogP contribution is 2.27. The molecule has 1 aromatic carbocycles. The fourth-order valence-electron chi connectivity index (χ4n) is 1.77. The Labute approximate surface area is 73.9 Å². The predicted molar refractivity (Wildman–Crippen MR) is 52.0 cm³/mol. The normalized spacial score (nSPS) is 21.4. The van der Waals surface area contributed by atoms with Crippen LogP contribution in [0.1, 0.15) is 18.9 Å². The van der Waals surface area contributed by atoms with E-state index in [-0.39, 0.29) is 0 Å². The molecule has 0 amide bonds. The van der Waals surface area contributed by atoms with Crippen molar-refractivity contribution in [2.75, 3.05) is 0 Å². The van der Waals surface area contributed by atoms with Crippen molar-refractivity contribution in [1.82, 2.24) is 0 Å². The van der Waals surface area contributed by atoms with Crippen LogP contribution in [0.3, 0.4) is 0 Å². The lowest BCUT2D eigenvalue weighted by molar-refractivity contribution is 0.622. The number of allylic oxidation sites excluding steroid dienone is 2. The van der Waals surface area contributed by atoms with E-state index in [1.54, 1.807) is 5.57 Å². The van der Waals surface area contributed by atoms with Crippen LogP contribution in [0.4, 0.5) is 0 Å². The van der Waals surface area contributed by atoms with Crippen molar-refractivity contribution >= 4 is 0 Å². The molecule has 1 aromatic rings. The largest absolute Gasteiger partial charge is 0.0818 e. The molecule has 0 fully saturated rings. The lowest BCUT2D eigenvalue weighted by Crippen LogP contribution is -2.07. The van der Waals surface area contributed by atoms with Crippen LogP contribution in [0.15, 0.2) is 42.0 Å². The maximum atomic E-state index is 2.38. The van der Waals surface area contributed by atoms with Gasteiger partial charge in [0.25, 0.3) is 0 Å². The summed E-state index contributed by atoms with van der Waals surface area (Å²) in [5.74, 6) is 0.823. The molecule has 1 aliphatic rings. The number of benzene rings is 1. The van der Waals surface area contributed by atoms with Crippen molar-refractivity contribution in [3.05, 3.63) is 47.5 Å². The Morgan fingerprint density at radius 3 is 2.50 bits per heavy atom. The molecule has 0 spiro atoms. The summed E-state index contributed by atoms with van der Waals surface area (Å²) in [7, 11) is 0. The number of hydrogen-bond donors (Lipinski definition) is 0. The summed E-state index contributed by atoms with van der Waals surface area (Å²) >= 11 is 0. The predicted octanol–water partition coefficient (Wildman–Crippen LogP) is 3.20. The van der Waals surface area contributed by atoms with Gasteiger partial charge in [-0.25, -0.2) is 0 Å². The Bertz CT molecular complexity index is 282. The maximum absolute atomic E-state index is 2.38. The highest BCUT2D eigenvalue weighted by molar-refractivity contribution is 5.26. The zero-order valence-electron chi connectivity index (χ0n) is 7.46. The molecule has 0 heterocycles. The second-order valence-electron chi connectivity index (χ2n) is 3.67. The second-order valence-corrected chi connectivity index (χ2v) is 3.67. The highest BCUT2D eigenvalue weighted by Gasteiger charge is 2.13. The van der Waals surface area contributed by atoms with Gasteiger partial charge in [-0.1, -0.05) is 48.9 Å². The van der Waals surface area contributed by atoms with Crippen LogP contribution in [0.25, 0.3) is 0 Å². The first-order valence-electron chi connectivity index (χ1n) is 4.58. The van der Waals surface area contributed by atoms with Crippen molar-refractivity contribution in [2.45, 2.75) is 19.8 Å². The summed E-state index contributed by atoms with van der Waals surface area (Å²) in [6.45, 7) is 2.27. The van der Waals surface area contributed by atoms with Crippen LogP contribution in [0.5, 0.6) is 0 Å². The molecule has 0 aromatic heterocycles. The van der Waals surface area contributed by atoms with Crippen LogP contribution in [0, 0.1) is 5.92 Å². The molecule has 1 unspecified atom stereocenters. The molecule has 2 rings (SSSR count). The minimum Gasteiger partial charge on any atom is -0.0818 e. The molecule has 0 aliphatic heterocycles. The van der Waals surface area contributed by atoms with Crippen molar-refractivity contribution in [1.29, 1.82) is 0 Å². The molecule has 0 saturated heterocycles. The van der Waals surface area contributed by atoms with Gasteiger partial charge in [0, 0.05) is 0 Å². The molecule has 0 saturated carbocycles. The SMILES string of the molecule is CC1C=C(Cc2ccccc2)C1. The third-order valence-electron chi connectivity index (χ3n) is 2.38. The standard InChI is InChI=1S/C12H14/c1-10-7-12(8-10)9-11-5-3-2-4-6-11/h2-7,10H,8-9H2,1H3. The van der Waals surface area contributed by atoms with E-state index in [9.17, 15) is 0 Å². The summed E-state index contributed by atoms with van der Waals surface area (Å²) < 4.78 is 0. The fraction of sp³-hybridized carbons (Fsp3) is 0.333. The first kappa shape index (κ1) is 7.60. The average molecular weight is 158 g/mol. The molecule has 1 atom stereocenters. The van der Waals surface area contributed by atoms with E-state index in [4.69, 9.17) is 0 Å². The molecule has 12 heavy (non-hydrogen) atoms. The Morgan fingerprint density at radius 1 is 1.25 bits per heavy atom. The Hall–Kier alpha value is -1.04. The summed E-state index contributed by atoms with van der Waals surface area (Å²) in [5.41, 5.74) is 3.05. The van der Waals surface area contributed by atoms with Crippen molar-refractivity contribution in [2.24, 2.45) is 5.92 Å². The maximum Gasteiger partial charge on any atom is -0.00668 e. The molecule has 0 heteroatoms. The summed E-state index contributed by atoms with van der Waals surface area (Å²) in [5, 5.41) is 0. The lowest BCUT2D eigenvalue weighted by Gasteiger charge is -2.21. The van der Waals surface area contributed by atoms with E-state index in [2.05, 4.69) is 43.3 Å². The van der Waals surface area contributed by atoms with Crippen LogP contribution >= 0.6 is 0 Å². The quantitative estimate of drug-likeness (QED) is 0.580. The highest BCUT2D eigenvalue weighted by atomic mass is 14.2. The minimum atomic E-state index is 0.823. The number of rotatable bonds is 2. The van der Waals surface area contributed by atoms with E-state index in [1.165, 1.54) is 12.0 Å². The first-order chi connectivity index (χ1) is 5.84. The van der Waals surface area contributed by atoms with E-state index in [0.29, 0.717) is 0 Å². The van der Waals surface area contributed by atoms with Crippen LogP contribution < -0.4 is 0 Å². The lowest BCUT2D eigenvalue weighted by atomic mass is 9.84. The van der Waals surface area contributed by atoms with Crippen LogP contribution in [0.2, 0.25) is 0 Å². The van der Waals surface area contributed by atoms with Crippen LogP contribution in [-0.4, -0.2) is 0 Å². The van der Waals surface area contributed by atoms with Gasteiger partial charge in [0.05, 0.1) is 0 Å². The topological polar surface area (TPSA) is 0 Å².